The summed E-state index contributed by atoms with van der Waals surface area (Å²) in [7, 11) is 0. The highest BCUT2D eigenvalue weighted by molar-refractivity contribution is 5.59. The molecule has 0 radical (unpaired) electrons. The van der Waals surface area contributed by atoms with Crippen molar-refractivity contribution in [2.75, 3.05) is 13.2 Å². The van der Waals surface area contributed by atoms with Gasteiger partial charge in [-0.2, -0.15) is 13.2 Å². The van der Waals surface area contributed by atoms with Crippen LogP contribution in [-0.2, 0) is 4.74 Å². The summed E-state index contributed by atoms with van der Waals surface area (Å²) < 4.78 is 84.8. The zero-order valence-electron chi connectivity index (χ0n) is 12.8. The Balaban J connectivity index is 1.98. The van der Waals surface area contributed by atoms with Crippen molar-refractivity contribution < 1.29 is 40.9 Å². The summed E-state index contributed by atoms with van der Waals surface area (Å²) in [5, 5.41) is 0. The lowest BCUT2D eigenvalue weighted by Gasteiger charge is -2.21. The third kappa shape index (κ3) is 2.85. The first-order valence-electron chi connectivity index (χ1n) is 7.38. The Kier molecular flexibility index (Phi) is 4.01. The van der Waals surface area contributed by atoms with Gasteiger partial charge in [-0.25, -0.2) is 0 Å². The van der Waals surface area contributed by atoms with Gasteiger partial charge in [0.2, 0.25) is 5.75 Å². The van der Waals surface area contributed by atoms with Crippen LogP contribution < -0.4 is 14.2 Å². The third-order valence-electron chi connectivity index (χ3n) is 4.14. The summed E-state index contributed by atoms with van der Waals surface area (Å²) in [6.45, 7) is 2.99. The Hall–Kier alpha value is -1.77. The lowest BCUT2D eigenvalue weighted by molar-refractivity contribution is -0.287. The van der Waals surface area contributed by atoms with Crippen LogP contribution in [0.25, 0.3) is 0 Å². The lowest BCUT2D eigenvalue weighted by Crippen LogP contribution is -2.33. The normalized spacial score (nSPS) is 28.2. The Morgan fingerprint density at radius 2 is 1.88 bits per heavy atom. The Morgan fingerprint density at radius 3 is 2.46 bits per heavy atom. The van der Waals surface area contributed by atoms with Crippen LogP contribution in [0.2, 0.25) is 0 Å². The van der Waals surface area contributed by atoms with E-state index in [0.29, 0.717) is 0 Å². The van der Waals surface area contributed by atoms with Crippen molar-refractivity contribution in [2.45, 2.75) is 38.3 Å². The van der Waals surface area contributed by atoms with Gasteiger partial charge in [0.15, 0.2) is 17.6 Å². The zero-order valence-corrected chi connectivity index (χ0v) is 12.8. The average molecular weight is 354 g/mol. The van der Waals surface area contributed by atoms with E-state index in [2.05, 4.69) is 9.47 Å². The fourth-order valence-electron chi connectivity index (χ4n) is 3.07. The molecule has 0 amide bonds. The summed E-state index contributed by atoms with van der Waals surface area (Å²) in [5.74, 6) is -2.26. The highest BCUT2D eigenvalue weighted by Crippen LogP contribution is 2.54. The molecule has 0 bridgehead atoms. The van der Waals surface area contributed by atoms with Gasteiger partial charge in [0.25, 0.3) is 0 Å². The predicted octanol–water partition coefficient (Wildman–Crippen LogP) is 4.09. The second-order valence-electron chi connectivity index (χ2n) is 5.67. The van der Waals surface area contributed by atoms with Crippen molar-refractivity contribution in [1.29, 1.82) is 0 Å². The van der Waals surface area contributed by atoms with Gasteiger partial charge in [-0.15, -0.1) is 8.78 Å². The van der Waals surface area contributed by atoms with Crippen LogP contribution in [0.15, 0.2) is 12.1 Å². The van der Waals surface area contributed by atoms with E-state index in [1.54, 1.807) is 6.92 Å². The van der Waals surface area contributed by atoms with E-state index in [9.17, 15) is 22.0 Å². The van der Waals surface area contributed by atoms with Gasteiger partial charge in [0.05, 0.1) is 13.2 Å². The standard InChI is InChI=1S/C15H15F5O4/c1-3-21-10-5-4-8(11-12(10)24-15(19,20)23-11)9-6-22-13(7(9)2)14(16,17)18/h4-5,7,9,13H,3,6H2,1-2H3/t7?,9?,13-/m0/s1. The van der Waals surface area contributed by atoms with Gasteiger partial charge in [0, 0.05) is 17.4 Å². The van der Waals surface area contributed by atoms with Crippen LogP contribution >= 0.6 is 0 Å². The molecule has 134 valence electrons. The van der Waals surface area contributed by atoms with E-state index < -0.39 is 30.4 Å². The minimum Gasteiger partial charge on any atom is -0.490 e. The first-order chi connectivity index (χ1) is 11.1. The molecule has 1 aromatic rings. The lowest BCUT2D eigenvalue weighted by atomic mass is 9.86. The van der Waals surface area contributed by atoms with E-state index >= 15 is 0 Å². The second-order valence-corrected chi connectivity index (χ2v) is 5.67. The third-order valence-corrected chi connectivity index (χ3v) is 4.14. The maximum Gasteiger partial charge on any atom is 0.586 e. The minimum atomic E-state index is -4.52. The Morgan fingerprint density at radius 1 is 1.21 bits per heavy atom. The predicted molar refractivity (Wildman–Crippen MR) is 71.5 cm³/mol. The molecule has 0 saturated carbocycles. The number of rotatable bonds is 3. The first-order valence-corrected chi connectivity index (χ1v) is 7.38. The highest BCUT2D eigenvalue weighted by Gasteiger charge is 2.53. The molecule has 3 atom stereocenters. The fraction of sp³-hybridized carbons (Fsp3) is 0.600. The van der Waals surface area contributed by atoms with Crippen LogP contribution in [0.1, 0.15) is 25.3 Å². The smallest absolute Gasteiger partial charge is 0.490 e. The molecule has 0 aliphatic carbocycles. The molecule has 1 fully saturated rings. The molecule has 1 saturated heterocycles. The maximum atomic E-state index is 13.5. The first kappa shape index (κ1) is 17.1. The zero-order chi connectivity index (χ0) is 17.7. The molecule has 24 heavy (non-hydrogen) atoms. The van der Waals surface area contributed by atoms with E-state index in [4.69, 9.17) is 9.47 Å². The largest absolute Gasteiger partial charge is 0.586 e. The molecule has 4 nitrogen and oxygen atoms in total. The van der Waals surface area contributed by atoms with E-state index in [1.807, 2.05) is 0 Å². The summed E-state index contributed by atoms with van der Waals surface area (Å²) in [6, 6.07) is 2.80. The quantitative estimate of drug-likeness (QED) is 0.767. The van der Waals surface area contributed by atoms with Crippen molar-refractivity contribution in [3.05, 3.63) is 17.7 Å². The molecule has 2 aliphatic heterocycles. The fourth-order valence-corrected chi connectivity index (χ4v) is 3.07. The van der Waals surface area contributed by atoms with Crippen LogP contribution in [0.5, 0.6) is 17.2 Å². The summed E-state index contributed by atoms with van der Waals surface area (Å²) in [4.78, 5) is 0. The molecule has 0 aromatic heterocycles. The Labute approximate surface area is 134 Å². The van der Waals surface area contributed by atoms with E-state index in [-0.39, 0.29) is 36.0 Å². The molecular formula is C15H15F5O4. The van der Waals surface area contributed by atoms with Crippen molar-refractivity contribution in [3.63, 3.8) is 0 Å². The molecule has 1 aromatic carbocycles. The number of benzene rings is 1. The number of hydrogen-bond acceptors (Lipinski definition) is 4. The Bertz CT molecular complexity index is 631. The van der Waals surface area contributed by atoms with E-state index in [0.717, 1.165) is 0 Å². The SMILES string of the molecule is CCOc1ccc(C2CO[C@H](C(F)(F)F)C2C)c2c1OC(F)(F)O2. The molecule has 3 rings (SSSR count). The van der Waals surface area contributed by atoms with Crippen molar-refractivity contribution in [2.24, 2.45) is 5.92 Å². The summed E-state index contributed by atoms with van der Waals surface area (Å²) in [6.07, 6.45) is -10.4. The van der Waals surface area contributed by atoms with E-state index in [1.165, 1.54) is 19.1 Å². The molecule has 0 spiro atoms. The number of hydrogen-bond donors (Lipinski definition) is 0. The van der Waals surface area contributed by atoms with Crippen LogP contribution in [0.3, 0.4) is 0 Å². The molecule has 0 N–H and O–H groups in total. The molecular weight excluding hydrogens is 339 g/mol. The number of ether oxygens (including phenoxy) is 4. The van der Waals surface area contributed by atoms with Crippen LogP contribution in [0.4, 0.5) is 22.0 Å². The van der Waals surface area contributed by atoms with Crippen LogP contribution in [0, 0.1) is 5.92 Å². The molecule has 9 heteroatoms. The maximum absolute atomic E-state index is 13.5. The monoisotopic (exact) mass is 354 g/mol. The number of halogens is 5. The minimum absolute atomic E-state index is 0.0485. The topological polar surface area (TPSA) is 36.9 Å². The summed E-state index contributed by atoms with van der Waals surface area (Å²) in [5.41, 5.74) is 0.185. The van der Waals surface area contributed by atoms with Crippen molar-refractivity contribution in [1.82, 2.24) is 0 Å². The second kappa shape index (κ2) is 5.65. The van der Waals surface area contributed by atoms with Gasteiger partial charge in [-0.1, -0.05) is 13.0 Å². The average Bonchev–Trinajstić information content (AvgIpc) is 2.98. The van der Waals surface area contributed by atoms with Crippen molar-refractivity contribution in [3.8, 4) is 17.2 Å². The molecule has 2 aliphatic rings. The van der Waals surface area contributed by atoms with Gasteiger partial charge in [-0.3, -0.25) is 0 Å². The number of fused-ring (bicyclic) bond motifs is 1. The van der Waals surface area contributed by atoms with Gasteiger partial charge in [0.1, 0.15) is 0 Å². The van der Waals surface area contributed by atoms with Crippen molar-refractivity contribution >= 4 is 0 Å². The van der Waals surface area contributed by atoms with Gasteiger partial charge in [-0.05, 0) is 13.0 Å². The summed E-state index contributed by atoms with van der Waals surface area (Å²) >= 11 is 0. The highest BCUT2D eigenvalue weighted by atomic mass is 19.4. The molecule has 2 heterocycles. The molecule has 2 unspecified atom stereocenters. The van der Waals surface area contributed by atoms with Gasteiger partial charge < -0.3 is 18.9 Å². The van der Waals surface area contributed by atoms with Gasteiger partial charge >= 0.3 is 12.5 Å². The van der Waals surface area contributed by atoms with Crippen LogP contribution in [-0.4, -0.2) is 31.8 Å². The number of alkyl halides is 5.